The molecule has 0 amide bonds. The summed E-state index contributed by atoms with van der Waals surface area (Å²) in [5.74, 6) is 0.831. The van der Waals surface area contributed by atoms with Crippen LogP contribution in [-0.4, -0.2) is 9.78 Å². The van der Waals surface area contributed by atoms with E-state index in [4.69, 9.17) is 4.74 Å². The number of nitrogens with zero attached hydrogens (tertiary/aromatic N) is 2. The molecule has 1 aromatic heterocycles. The van der Waals surface area contributed by atoms with Gasteiger partial charge in [-0.15, -0.1) is 0 Å². The Morgan fingerprint density at radius 3 is 2.68 bits per heavy atom. The van der Waals surface area contributed by atoms with E-state index in [2.05, 4.69) is 33.2 Å². The average molecular weight is 317 g/mol. The summed E-state index contributed by atoms with van der Waals surface area (Å²) in [7, 11) is 1.95. The van der Waals surface area contributed by atoms with Crippen LogP contribution in [0.25, 0.3) is 10.9 Å². The van der Waals surface area contributed by atoms with Gasteiger partial charge in [0.2, 0.25) is 0 Å². The molecule has 0 aliphatic carbocycles. The number of rotatable bonds is 3. The Morgan fingerprint density at radius 1 is 1.11 bits per heavy atom. The van der Waals surface area contributed by atoms with Crippen LogP contribution < -0.4 is 4.74 Å². The topological polar surface area (TPSA) is 27.1 Å². The van der Waals surface area contributed by atoms with Crippen LogP contribution in [0, 0.1) is 0 Å². The number of halogens is 1. The summed E-state index contributed by atoms with van der Waals surface area (Å²) < 4.78 is 8.66. The van der Waals surface area contributed by atoms with Crippen LogP contribution in [0.15, 0.2) is 53.0 Å². The number of hydrogen-bond acceptors (Lipinski definition) is 2. The number of hydrogen-bond donors (Lipinski definition) is 0. The van der Waals surface area contributed by atoms with E-state index in [-0.39, 0.29) is 0 Å². The monoisotopic (exact) mass is 316 g/mol. The van der Waals surface area contributed by atoms with Gasteiger partial charge in [0, 0.05) is 12.4 Å². The van der Waals surface area contributed by atoms with Crippen molar-refractivity contribution in [1.82, 2.24) is 9.78 Å². The molecule has 1 heterocycles. The molecule has 0 fully saturated rings. The van der Waals surface area contributed by atoms with E-state index in [1.54, 1.807) is 0 Å². The lowest BCUT2D eigenvalue weighted by molar-refractivity contribution is 0.299. The third kappa shape index (κ3) is 2.36. The second kappa shape index (κ2) is 5.05. The van der Waals surface area contributed by atoms with Crippen LogP contribution >= 0.6 is 15.9 Å². The summed E-state index contributed by atoms with van der Waals surface area (Å²) in [6.45, 7) is 0.462. The molecule has 0 radical (unpaired) electrons. The fraction of sp³-hybridized carbons (Fsp3) is 0.133. The molecule has 2 aromatic carbocycles. The summed E-state index contributed by atoms with van der Waals surface area (Å²) >= 11 is 3.47. The van der Waals surface area contributed by atoms with Gasteiger partial charge in [0.15, 0.2) is 0 Å². The number of para-hydroxylation sites is 2. The van der Waals surface area contributed by atoms with Gasteiger partial charge in [-0.2, -0.15) is 5.10 Å². The predicted octanol–water partition coefficient (Wildman–Crippen LogP) is 3.91. The van der Waals surface area contributed by atoms with Crippen molar-refractivity contribution in [3.8, 4) is 5.75 Å². The van der Waals surface area contributed by atoms with Gasteiger partial charge in [-0.05, 0) is 34.1 Å². The molecule has 4 heteroatoms. The summed E-state index contributed by atoms with van der Waals surface area (Å²) in [5, 5.41) is 5.65. The van der Waals surface area contributed by atoms with Crippen LogP contribution in [-0.2, 0) is 13.7 Å². The fourth-order valence-electron chi connectivity index (χ4n) is 2.10. The van der Waals surface area contributed by atoms with E-state index in [1.807, 2.05) is 48.1 Å². The predicted molar refractivity (Wildman–Crippen MR) is 79.2 cm³/mol. The molecule has 0 atom stereocenters. The average Bonchev–Trinajstić information content (AvgIpc) is 2.75. The van der Waals surface area contributed by atoms with Gasteiger partial charge >= 0.3 is 0 Å². The van der Waals surface area contributed by atoms with E-state index in [0.29, 0.717) is 6.61 Å². The third-order valence-corrected chi connectivity index (χ3v) is 3.69. The lowest BCUT2D eigenvalue weighted by Crippen LogP contribution is -1.98. The summed E-state index contributed by atoms with van der Waals surface area (Å²) in [6.07, 6.45) is 0. The maximum Gasteiger partial charge on any atom is 0.134 e. The summed E-state index contributed by atoms with van der Waals surface area (Å²) in [4.78, 5) is 0. The summed E-state index contributed by atoms with van der Waals surface area (Å²) in [6, 6.07) is 16.0. The highest BCUT2D eigenvalue weighted by atomic mass is 79.9. The zero-order valence-electron chi connectivity index (χ0n) is 10.5. The zero-order chi connectivity index (χ0) is 13.2. The largest absolute Gasteiger partial charge is 0.486 e. The first-order valence-electron chi connectivity index (χ1n) is 6.03. The van der Waals surface area contributed by atoms with Gasteiger partial charge in [-0.3, -0.25) is 4.68 Å². The Kier molecular flexibility index (Phi) is 3.25. The van der Waals surface area contributed by atoms with E-state index in [1.165, 1.54) is 0 Å². The number of ether oxygens (including phenoxy) is 1. The second-order valence-electron chi connectivity index (χ2n) is 4.31. The number of aromatic nitrogens is 2. The molecule has 96 valence electrons. The van der Waals surface area contributed by atoms with Gasteiger partial charge in [-0.1, -0.05) is 30.3 Å². The molecule has 0 unspecified atom stereocenters. The van der Waals surface area contributed by atoms with E-state index in [9.17, 15) is 0 Å². The maximum absolute atomic E-state index is 5.82. The van der Waals surface area contributed by atoms with Crippen molar-refractivity contribution >= 4 is 26.8 Å². The van der Waals surface area contributed by atoms with Crippen LogP contribution in [0.2, 0.25) is 0 Å². The first kappa shape index (κ1) is 12.2. The van der Waals surface area contributed by atoms with Gasteiger partial charge in [-0.25, -0.2) is 0 Å². The van der Waals surface area contributed by atoms with Crippen molar-refractivity contribution in [1.29, 1.82) is 0 Å². The van der Waals surface area contributed by atoms with E-state index in [0.717, 1.165) is 26.8 Å². The highest BCUT2D eigenvalue weighted by Crippen LogP contribution is 2.25. The molecule has 0 aliphatic heterocycles. The molecular weight excluding hydrogens is 304 g/mol. The van der Waals surface area contributed by atoms with Gasteiger partial charge < -0.3 is 4.74 Å². The molecule has 3 rings (SSSR count). The third-order valence-electron chi connectivity index (χ3n) is 3.04. The van der Waals surface area contributed by atoms with E-state index >= 15 is 0 Å². The Morgan fingerprint density at radius 2 is 1.84 bits per heavy atom. The molecule has 3 aromatic rings. The minimum atomic E-state index is 0.462. The number of fused-ring (bicyclic) bond motifs is 1. The Hall–Kier alpha value is -1.81. The minimum absolute atomic E-state index is 0.462. The lowest BCUT2D eigenvalue weighted by atomic mass is 10.2. The first-order valence-corrected chi connectivity index (χ1v) is 6.83. The molecule has 0 bridgehead atoms. The summed E-state index contributed by atoms with van der Waals surface area (Å²) in [5.41, 5.74) is 2.07. The zero-order valence-corrected chi connectivity index (χ0v) is 12.1. The smallest absolute Gasteiger partial charge is 0.134 e. The second-order valence-corrected chi connectivity index (χ2v) is 5.16. The molecule has 0 saturated carbocycles. The van der Waals surface area contributed by atoms with Crippen molar-refractivity contribution in [3.05, 3.63) is 58.7 Å². The standard InChI is InChI=1S/C15H13BrN2O/c1-18-14-8-4-2-6-11(14)13(17-18)10-19-15-9-5-3-7-12(15)16/h2-9H,10H2,1H3. The minimum Gasteiger partial charge on any atom is -0.486 e. The van der Waals surface area contributed by atoms with Gasteiger partial charge in [0.25, 0.3) is 0 Å². The maximum atomic E-state index is 5.82. The molecule has 0 aliphatic rings. The van der Waals surface area contributed by atoms with E-state index < -0.39 is 0 Å². The first-order chi connectivity index (χ1) is 9.25. The quantitative estimate of drug-likeness (QED) is 0.732. The van der Waals surface area contributed by atoms with Crippen LogP contribution in [0.4, 0.5) is 0 Å². The molecule has 0 N–H and O–H groups in total. The van der Waals surface area contributed by atoms with Crippen molar-refractivity contribution in [3.63, 3.8) is 0 Å². The van der Waals surface area contributed by atoms with Crippen LogP contribution in [0.5, 0.6) is 5.75 Å². The fourth-order valence-corrected chi connectivity index (χ4v) is 2.50. The molecular formula is C15H13BrN2O. The van der Waals surface area contributed by atoms with Crippen molar-refractivity contribution in [2.75, 3.05) is 0 Å². The molecule has 0 spiro atoms. The highest BCUT2D eigenvalue weighted by Gasteiger charge is 2.09. The van der Waals surface area contributed by atoms with Gasteiger partial charge in [0.1, 0.15) is 18.1 Å². The Balaban J connectivity index is 1.88. The normalized spacial score (nSPS) is 10.8. The Bertz CT molecular complexity index is 721. The number of benzene rings is 2. The van der Waals surface area contributed by atoms with Crippen molar-refractivity contribution < 1.29 is 4.74 Å². The molecule has 0 saturated heterocycles. The molecule has 19 heavy (non-hydrogen) atoms. The highest BCUT2D eigenvalue weighted by molar-refractivity contribution is 9.10. The van der Waals surface area contributed by atoms with Crippen molar-refractivity contribution in [2.45, 2.75) is 6.61 Å². The number of aryl methyl sites for hydroxylation is 1. The molecule has 3 nitrogen and oxygen atoms in total. The van der Waals surface area contributed by atoms with Crippen LogP contribution in [0.1, 0.15) is 5.69 Å². The van der Waals surface area contributed by atoms with Crippen LogP contribution in [0.3, 0.4) is 0 Å². The lowest BCUT2D eigenvalue weighted by Gasteiger charge is -2.06. The Labute approximate surface area is 119 Å². The SMILES string of the molecule is Cn1nc(COc2ccccc2Br)c2ccccc21. The van der Waals surface area contributed by atoms with Gasteiger partial charge in [0.05, 0.1) is 9.99 Å². The van der Waals surface area contributed by atoms with Crippen molar-refractivity contribution in [2.24, 2.45) is 7.05 Å².